The molecule has 4 heteroatoms. The van der Waals surface area contributed by atoms with E-state index in [1.165, 1.54) is 5.56 Å². The van der Waals surface area contributed by atoms with E-state index in [0.29, 0.717) is 11.7 Å². The highest BCUT2D eigenvalue weighted by molar-refractivity contribution is 8.00. The Hall–Kier alpha value is -1.45. The summed E-state index contributed by atoms with van der Waals surface area (Å²) in [5.74, 6) is 1.44. The number of rotatable bonds is 5. The summed E-state index contributed by atoms with van der Waals surface area (Å²) in [5, 5.41) is 0.728. The van der Waals surface area contributed by atoms with Gasteiger partial charge >= 0.3 is 0 Å². The first-order valence-electron chi connectivity index (χ1n) is 8.41. The van der Waals surface area contributed by atoms with Gasteiger partial charge in [-0.2, -0.15) is 0 Å². The first-order valence-corrected chi connectivity index (χ1v) is 9.77. The summed E-state index contributed by atoms with van der Waals surface area (Å²) in [6, 6.07) is 18.3. The number of amides is 1. The highest BCUT2D eigenvalue weighted by Gasteiger charge is 2.22. The lowest BCUT2D eigenvalue weighted by atomic mass is 9.90. The first kappa shape index (κ1) is 17.4. The SMILES string of the molecule is O=C(CSc1ccc(Cl)cc1)N1CCC(Cc2ccccc2)CC1. The number of thioether (sulfide) groups is 1. The zero-order chi connectivity index (χ0) is 16.8. The molecule has 0 spiro atoms. The minimum Gasteiger partial charge on any atom is -0.342 e. The van der Waals surface area contributed by atoms with Crippen LogP contribution in [0.4, 0.5) is 0 Å². The number of benzene rings is 2. The van der Waals surface area contributed by atoms with Crippen LogP contribution in [0.25, 0.3) is 0 Å². The minimum atomic E-state index is 0.244. The largest absolute Gasteiger partial charge is 0.342 e. The highest BCUT2D eigenvalue weighted by atomic mass is 35.5. The average Bonchev–Trinajstić information content (AvgIpc) is 2.62. The van der Waals surface area contributed by atoms with Crippen LogP contribution in [0.15, 0.2) is 59.5 Å². The van der Waals surface area contributed by atoms with Gasteiger partial charge in [-0.1, -0.05) is 41.9 Å². The Kier molecular flexibility index (Phi) is 6.22. The van der Waals surface area contributed by atoms with E-state index < -0.39 is 0 Å². The average molecular weight is 360 g/mol. The number of hydrogen-bond donors (Lipinski definition) is 0. The van der Waals surface area contributed by atoms with Crippen molar-refractivity contribution in [3.05, 3.63) is 65.2 Å². The smallest absolute Gasteiger partial charge is 0.232 e. The van der Waals surface area contributed by atoms with Crippen molar-refractivity contribution in [1.29, 1.82) is 0 Å². The lowest BCUT2D eigenvalue weighted by molar-refractivity contribution is -0.129. The maximum absolute atomic E-state index is 12.4. The van der Waals surface area contributed by atoms with Crippen LogP contribution < -0.4 is 0 Å². The molecule has 0 aromatic heterocycles. The van der Waals surface area contributed by atoms with Crippen LogP contribution in [0.2, 0.25) is 5.02 Å². The number of likely N-dealkylation sites (tertiary alicyclic amines) is 1. The van der Waals surface area contributed by atoms with E-state index in [1.807, 2.05) is 29.2 Å². The molecule has 1 aliphatic rings. The maximum Gasteiger partial charge on any atom is 0.232 e. The molecule has 24 heavy (non-hydrogen) atoms. The quantitative estimate of drug-likeness (QED) is 0.706. The normalized spacial score (nSPS) is 15.5. The second-order valence-electron chi connectivity index (χ2n) is 6.26. The van der Waals surface area contributed by atoms with Crippen molar-refractivity contribution in [2.24, 2.45) is 5.92 Å². The third-order valence-electron chi connectivity index (χ3n) is 4.51. The van der Waals surface area contributed by atoms with Gasteiger partial charge in [0.2, 0.25) is 5.91 Å². The Labute approximate surface area is 153 Å². The maximum atomic E-state index is 12.4. The summed E-state index contributed by atoms with van der Waals surface area (Å²) in [6.07, 6.45) is 3.33. The van der Waals surface area contributed by atoms with Crippen LogP contribution in [-0.4, -0.2) is 29.6 Å². The molecule has 1 heterocycles. The molecular weight excluding hydrogens is 338 g/mol. The molecule has 2 nitrogen and oxygen atoms in total. The number of carbonyl (C=O) groups excluding carboxylic acids is 1. The Balaban J connectivity index is 1.42. The van der Waals surface area contributed by atoms with Crippen molar-refractivity contribution in [3.8, 4) is 0 Å². The Morgan fingerprint density at radius 3 is 2.38 bits per heavy atom. The van der Waals surface area contributed by atoms with Gasteiger partial charge in [0.1, 0.15) is 0 Å². The van der Waals surface area contributed by atoms with Crippen molar-refractivity contribution < 1.29 is 4.79 Å². The van der Waals surface area contributed by atoms with Crippen LogP contribution in [0.5, 0.6) is 0 Å². The molecule has 0 unspecified atom stereocenters. The number of carbonyl (C=O) groups is 1. The van der Waals surface area contributed by atoms with E-state index in [2.05, 4.69) is 30.3 Å². The molecule has 1 fully saturated rings. The summed E-state index contributed by atoms with van der Waals surface area (Å²) >= 11 is 7.47. The molecule has 1 amide bonds. The molecule has 2 aromatic rings. The second kappa shape index (κ2) is 8.59. The first-order chi connectivity index (χ1) is 11.7. The molecule has 3 rings (SSSR count). The third-order valence-corrected chi connectivity index (χ3v) is 5.76. The van der Waals surface area contributed by atoms with Crippen LogP contribution in [0, 0.1) is 5.92 Å². The monoisotopic (exact) mass is 359 g/mol. The van der Waals surface area contributed by atoms with E-state index in [0.717, 1.165) is 42.3 Å². The van der Waals surface area contributed by atoms with Gasteiger partial charge in [0.25, 0.3) is 0 Å². The minimum absolute atomic E-state index is 0.244. The van der Waals surface area contributed by atoms with Crippen molar-refractivity contribution in [1.82, 2.24) is 4.90 Å². The van der Waals surface area contributed by atoms with Crippen LogP contribution in [0.3, 0.4) is 0 Å². The highest BCUT2D eigenvalue weighted by Crippen LogP contribution is 2.24. The van der Waals surface area contributed by atoms with Crippen LogP contribution in [0.1, 0.15) is 18.4 Å². The molecule has 1 aliphatic heterocycles. The van der Waals surface area contributed by atoms with E-state index in [9.17, 15) is 4.79 Å². The number of nitrogens with zero attached hydrogens (tertiary/aromatic N) is 1. The topological polar surface area (TPSA) is 20.3 Å². The molecule has 0 radical (unpaired) electrons. The van der Waals surface area contributed by atoms with Crippen molar-refractivity contribution in [2.45, 2.75) is 24.2 Å². The van der Waals surface area contributed by atoms with Gasteiger partial charge in [-0.3, -0.25) is 4.79 Å². The van der Waals surface area contributed by atoms with Gasteiger partial charge in [0.15, 0.2) is 0 Å². The van der Waals surface area contributed by atoms with Crippen LogP contribution in [-0.2, 0) is 11.2 Å². The lowest BCUT2D eigenvalue weighted by Crippen LogP contribution is -2.39. The predicted molar refractivity (Wildman–Crippen MR) is 102 cm³/mol. The summed E-state index contributed by atoms with van der Waals surface area (Å²) in [4.78, 5) is 15.5. The summed E-state index contributed by atoms with van der Waals surface area (Å²) in [5.41, 5.74) is 1.40. The molecular formula is C20H22ClNOS. The number of piperidine rings is 1. The van der Waals surface area contributed by atoms with E-state index in [4.69, 9.17) is 11.6 Å². The Morgan fingerprint density at radius 2 is 1.71 bits per heavy atom. The standard InChI is InChI=1S/C20H22ClNOS/c21-18-6-8-19(9-7-18)24-15-20(23)22-12-10-17(11-13-22)14-16-4-2-1-3-5-16/h1-9,17H,10-15H2. The van der Waals surface area contributed by atoms with Gasteiger partial charge in [0.05, 0.1) is 5.75 Å². The van der Waals surface area contributed by atoms with Gasteiger partial charge in [-0.25, -0.2) is 0 Å². The number of hydrogen-bond acceptors (Lipinski definition) is 2. The molecule has 2 aromatic carbocycles. The molecule has 1 saturated heterocycles. The van der Waals surface area contributed by atoms with Gasteiger partial charge < -0.3 is 4.90 Å². The van der Waals surface area contributed by atoms with Gasteiger partial charge in [-0.15, -0.1) is 11.8 Å². The van der Waals surface area contributed by atoms with E-state index >= 15 is 0 Å². The fraction of sp³-hybridized carbons (Fsp3) is 0.350. The zero-order valence-electron chi connectivity index (χ0n) is 13.7. The summed E-state index contributed by atoms with van der Waals surface area (Å²) < 4.78 is 0. The molecule has 0 saturated carbocycles. The molecule has 0 bridgehead atoms. The van der Waals surface area contributed by atoms with Crippen molar-refractivity contribution in [2.75, 3.05) is 18.8 Å². The summed E-state index contributed by atoms with van der Waals surface area (Å²) in [6.45, 7) is 1.77. The van der Waals surface area contributed by atoms with Crippen LogP contribution >= 0.6 is 23.4 Å². The number of halogens is 1. The molecule has 126 valence electrons. The van der Waals surface area contributed by atoms with Crippen molar-refractivity contribution in [3.63, 3.8) is 0 Å². The third kappa shape index (κ3) is 5.02. The van der Waals surface area contributed by atoms with Gasteiger partial charge in [0, 0.05) is 23.0 Å². The van der Waals surface area contributed by atoms with E-state index in [1.54, 1.807) is 11.8 Å². The zero-order valence-corrected chi connectivity index (χ0v) is 15.2. The summed E-state index contributed by atoms with van der Waals surface area (Å²) in [7, 11) is 0. The van der Waals surface area contributed by atoms with Crippen molar-refractivity contribution >= 4 is 29.3 Å². The molecule has 0 aliphatic carbocycles. The second-order valence-corrected chi connectivity index (χ2v) is 7.74. The fourth-order valence-electron chi connectivity index (χ4n) is 3.10. The van der Waals surface area contributed by atoms with E-state index in [-0.39, 0.29) is 5.91 Å². The predicted octanol–water partition coefficient (Wildman–Crippen LogP) is 4.91. The molecule has 0 atom stereocenters. The lowest BCUT2D eigenvalue weighted by Gasteiger charge is -2.32. The Bertz CT molecular complexity index is 651. The molecule has 0 N–H and O–H groups in total. The van der Waals surface area contributed by atoms with Gasteiger partial charge in [-0.05, 0) is 55.0 Å². The Morgan fingerprint density at radius 1 is 1.04 bits per heavy atom. The fourth-order valence-corrected chi connectivity index (χ4v) is 4.03.